The zero-order valence-corrected chi connectivity index (χ0v) is 6.26. The molecule has 5 heteroatoms. The Bertz CT molecular complexity index is 246. The second-order valence-electron chi connectivity index (χ2n) is 1.75. The van der Waals surface area contributed by atoms with Gasteiger partial charge in [-0.05, 0) is 0 Å². The van der Waals surface area contributed by atoms with Crippen LogP contribution in [-0.4, -0.2) is 20.4 Å². The Hall–Kier alpha value is -0.970. The summed E-state index contributed by atoms with van der Waals surface area (Å²) in [6, 6.07) is 0. The first-order valence-electron chi connectivity index (χ1n) is 2.61. The zero-order chi connectivity index (χ0) is 7.56. The number of hydrogen-bond donors (Lipinski definition) is 1. The monoisotopic (exact) mass is 157 g/mol. The molecule has 1 rings (SSSR count). The van der Waals surface area contributed by atoms with Crippen molar-refractivity contribution in [1.82, 2.24) is 9.97 Å². The maximum absolute atomic E-state index is 10.7. The van der Waals surface area contributed by atoms with E-state index in [1.54, 1.807) is 0 Å². The first-order chi connectivity index (χ1) is 4.70. The van der Waals surface area contributed by atoms with Gasteiger partial charge in [-0.3, -0.25) is 4.21 Å². The van der Waals surface area contributed by atoms with Gasteiger partial charge in [-0.25, -0.2) is 9.97 Å². The maximum Gasteiger partial charge on any atom is 0.218 e. The highest BCUT2D eigenvalue weighted by Crippen LogP contribution is 1.98. The molecule has 1 unspecified atom stereocenters. The minimum atomic E-state index is -1.12. The molecule has 54 valence electrons. The molecule has 4 nitrogen and oxygen atoms in total. The van der Waals surface area contributed by atoms with Gasteiger partial charge in [0.05, 0.1) is 28.9 Å². The Kier molecular flexibility index (Phi) is 1.96. The summed E-state index contributed by atoms with van der Waals surface area (Å²) >= 11 is 0. The SMILES string of the molecule is CS(=O)c1ncc(N)cn1. The number of nitrogens with two attached hydrogens (primary N) is 1. The normalized spacial score (nSPS) is 12.9. The molecule has 1 heterocycles. The summed E-state index contributed by atoms with van der Waals surface area (Å²) in [5.41, 5.74) is 5.78. The van der Waals surface area contributed by atoms with E-state index >= 15 is 0 Å². The Morgan fingerprint density at radius 1 is 1.50 bits per heavy atom. The van der Waals surface area contributed by atoms with Gasteiger partial charge in [-0.2, -0.15) is 0 Å². The van der Waals surface area contributed by atoms with Gasteiger partial charge in [-0.1, -0.05) is 0 Å². The lowest BCUT2D eigenvalue weighted by Crippen LogP contribution is -1.97. The van der Waals surface area contributed by atoms with Crippen LogP contribution < -0.4 is 5.73 Å². The lowest BCUT2D eigenvalue weighted by atomic mass is 10.6. The summed E-state index contributed by atoms with van der Waals surface area (Å²) in [5.74, 6) is 0. The third-order valence-electron chi connectivity index (χ3n) is 0.905. The standard InChI is InChI=1S/C5H7N3OS/c1-10(9)5-7-2-4(6)3-8-5/h2-3H,6H2,1H3. The first-order valence-corrected chi connectivity index (χ1v) is 4.17. The molecule has 1 atom stereocenters. The van der Waals surface area contributed by atoms with E-state index in [0.717, 1.165) is 0 Å². The summed E-state index contributed by atoms with van der Waals surface area (Å²) in [6.45, 7) is 0. The van der Waals surface area contributed by atoms with Gasteiger partial charge < -0.3 is 5.73 Å². The number of rotatable bonds is 1. The van der Waals surface area contributed by atoms with Crippen LogP contribution in [0.1, 0.15) is 0 Å². The van der Waals surface area contributed by atoms with E-state index in [9.17, 15) is 4.21 Å². The first kappa shape index (κ1) is 7.14. The van der Waals surface area contributed by atoms with Gasteiger partial charge in [0.15, 0.2) is 0 Å². The average molecular weight is 157 g/mol. The molecule has 0 aliphatic carbocycles. The van der Waals surface area contributed by atoms with E-state index in [2.05, 4.69) is 9.97 Å². The molecule has 0 aliphatic rings. The largest absolute Gasteiger partial charge is 0.396 e. The van der Waals surface area contributed by atoms with Crippen LogP contribution in [0.4, 0.5) is 5.69 Å². The van der Waals surface area contributed by atoms with Crippen molar-refractivity contribution in [2.45, 2.75) is 5.16 Å². The fourth-order valence-electron chi connectivity index (χ4n) is 0.475. The van der Waals surface area contributed by atoms with Crippen molar-refractivity contribution < 1.29 is 4.21 Å². The predicted molar refractivity (Wildman–Crippen MR) is 38.8 cm³/mol. The van der Waals surface area contributed by atoms with E-state index in [1.165, 1.54) is 18.6 Å². The number of anilines is 1. The minimum Gasteiger partial charge on any atom is -0.396 e. The Morgan fingerprint density at radius 2 is 2.00 bits per heavy atom. The zero-order valence-electron chi connectivity index (χ0n) is 5.44. The number of nitrogen functional groups attached to an aromatic ring is 1. The molecule has 0 radical (unpaired) electrons. The Morgan fingerprint density at radius 3 is 2.40 bits per heavy atom. The van der Waals surface area contributed by atoms with Gasteiger partial charge in [-0.15, -0.1) is 0 Å². The Labute approximate surface area is 60.9 Å². The quantitative estimate of drug-likeness (QED) is 0.573. The average Bonchev–Trinajstić information content (AvgIpc) is 1.88. The van der Waals surface area contributed by atoms with Crippen LogP contribution in [0.15, 0.2) is 17.6 Å². The van der Waals surface area contributed by atoms with E-state index in [0.29, 0.717) is 10.8 Å². The molecule has 0 fully saturated rings. The van der Waals surface area contributed by atoms with Crippen LogP contribution in [0.5, 0.6) is 0 Å². The van der Waals surface area contributed by atoms with Crippen molar-refractivity contribution in [3.8, 4) is 0 Å². The molecular weight excluding hydrogens is 150 g/mol. The number of aromatic nitrogens is 2. The lowest BCUT2D eigenvalue weighted by Gasteiger charge is -1.92. The van der Waals surface area contributed by atoms with Crippen LogP contribution in [0, 0.1) is 0 Å². The van der Waals surface area contributed by atoms with Crippen molar-refractivity contribution in [2.75, 3.05) is 12.0 Å². The van der Waals surface area contributed by atoms with Gasteiger partial charge in [0, 0.05) is 6.26 Å². The lowest BCUT2D eigenvalue weighted by molar-refractivity contribution is 0.679. The molecule has 0 saturated carbocycles. The van der Waals surface area contributed by atoms with Crippen molar-refractivity contribution in [3.63, 3.8) is 0 Å². The molecule has 0 amide bonds. The van der Waals surface area contributed by atoms with Crippen molar-refractivity contribution >= 4 is 16.5 Å². The molecule has 1 aromatic rings. The van der Waals surface area contributed by atoms with E-state index in [-0.39, 0.29) is 0 Å². The summed E-state index contributed by atoms with van der Waals surface area (Å²) in [7, 11) is -1.12. The van der Waals surface area contributed by atoms with Crippen molar-refractivity contribution in [1.29, 1.82) is 0 Å². The summed E-state index contributed by atoms with van der Waals surface area (Å²) < 4.78 is 10.7. The van der Waals surface area contributed by atoms with Crippen LogP contribution in [0.25, 0.3) is 0 Å². The fourth-order valence-corrected chi connectivity index (χ4v) is 0.877. The summed E-state index contributed by atoms with van der Waals surface area (Å²) in [5, 5.41) is 0.314. The van der Waals surface area contributed by atoms with E-state index < -0.39 is 10.8 Å². The second kappa shape index (κ2) is 2.74. The fraction of sp³-hybridized carbons (Fsp3) is 0.200. The molecule has 0 aliphatic heterocycles. The van der Waals surface area contributed by atoms with Gasteiger partial charge in [0.25, 0.3) is 0 Å². The van der Waals surface area contributed by atoms with E-state index in [1.807, 2.05) is 0 Å². The van der Waals surface area contributed by atoms with Crippen molar-refractivity contribution in [3.05, 3.63) is 12.4 Å². The third-order valence-corrected chi connectivity index (χ3v) is 1.63. The molecule has 0 bridgehead atoms. The highest BCUT2D eigenvalue weighted by molar-refractivity contribution is 7.84. The highest BCUT2D eigenvalue weighted by Gasteiger charge is 1.97. The molecule has 0 aromatic carbocycles. The molecular formula is C5H7N3OS. The van der Waals surface area contributed by atoms with Gasteiger partial charge in [0.1, 0.15) is 0 Å². The topological polar surface area (TPSA) is 68.9 Å². The minimum absolute atomic E-state index is 0.314. The Balaban J connectivity index is 3.00. The summed E-state index contributed by atoms with van der Waals surface area (Å²) in [6.07, 6.45) is 4.39. The molecule has 10 heavy (non-hydrogen) atoms. The third kappa shape index (κ3) is 1.51. The number of nitrogens with zero attached hydrogens (tertiary/aromatic N) is 2. The molecule has 1 aromatic heterocycles. The smallest absolute Gasteiger partial charge is 0.218 e. The van der Waals surface area contributed by atoms with Gasteiger partial charge in [0.2, 0.25) is 5.16 Å². The highest BCUT2D eigenvalue weighted by atomic mass is 32.2. The number of hydrogen-bond acceptors (Lipinski definition) is 4. The molecule has 0 spiro atoms. The van der Waals surface area contributed by atoms with Gasteiger partial charge >= 0.3 is 0 Å². The van der Waals surface area contributed by atoms with Crippen LogP contribution in [-0.2, 0) is 10.8 Å². The van der Waals surface area contributed by atoms with Crippen molar-refractivity contribution in [2.24, 2.45) is 0 Å². The summed E-state index contributed by atoms with van der Waals surface area (Å²) in [4.78, 5) is 7.48. The molecule has 0 saturated heterocycles. The second-order valence-corrected chi connectivity index (χ2v) is 3.03. The van der Waals surface area contributed by atoms with Crippen LogP contribution in [0.2, 0.25) is 0 Å². The van der Waals surface area contributed by atoms with Crippen LogP contribution in [0.3, 0.4) is 0 Å². The maximum atomic E-state index is 10.7. The van der Waals surface area contributed by atoms with E-state index in [4.69, 9.17) is 5.73 Å². The predicted octanol–water partition coefficient (Wildman–Crippen LogP) is -0.204. The molecule has 2 N–H and O–H groups in total. The van der Waals surface area contributed by atoms with Crippen LogP contribution >= 0.6 is 0 Å².